The van der Waals surface area contributed by atoms with Crippen LogP contribution in [0.4, 0.5) is 5.69 Å². The minimum Gasteiger partial charge on any atom is -0.511 e. The minimum atomic E-state index is -0.138. The lowest BCUT2D eigenvalue weighted by Crippen LogP contribution is -2.26. The number of benzene rings is 1. The maximum atomic E-state index is 12.7. The van der Waals surface area contributed by atoms with Crippen LogP contribution in [0.3, 0.4) is 0 Å². The van der Waals surface area contributed by atoms with E-state index in [9.17, 15) is 14.7 Å². The first-order chi connectivity index (χ1) is 14.7. The van der Waals surface area contributed by atoms with Gasteiger partial charge in [-0.25, -0.2) is 0 Å². The molecule has 31 heavy (non-hydrogen) atoms. The summed E-state index contributed by atoms with van der Waals surface area (Å²) in [6, 6.07) is 7.73. The number of carbonyl (C=O) groups excluding carboxylic acids is 2. The number of aryl methyl sites for hydroxylation is 2. The fraction of sp³-hybridized carbons (Fsp3) is 0.440. The first kappa shape index (κ1) is 21.2. The maximum Gasteiger partial charge on any atom is 0.168 e. The third-order valence-corrected chi connectivity index (χ3v) is 6.03. The second kappa shape index (κ2) is 8.25. The summed E-state index contributed by atoms with van der Waals surface area (Å²) >= 11 is 0. The number of aliphatic imine (C=N–C) groups is 1. The highest BCUT2D eigenvalue weighted by Crippen LogP contribution is 2.36. The van der Waals surface area contributed by atoms with E-state index in [1.54, 1.807) is 0 Å². The molecule has 0 radical (unpaired) electrons. The van der Waals surface area contributed by atoms with Crippen LogP contribution in [-0.4, -0.2) is 27.5 Å². The van der Waals surface area contributed by atoms with Gasteiger partial charge >= 0.3 is 0 Å². The fourth-order valence-corrected chi connectivity index (χ4v) is 4.45. The normalized spacial score (nSPS) is 21.3. The first-order valence-electron chi connectivity index (χ1n) is 10.8. The third kappa shape index (κ3) is 4.38. The molecule has 0 amide bonds. The van der Waals surface area contributed by atoms with Gasteiger partial charge in [0.25, 0.3) is 0 Å². The van der Waals surface area contributed by atoms with Crippen LogP contribution in [0, 0.1) is 12.3 Å². The number of rotatable bonds is 4. The molecule has 6 nitrogen and oxygen atoms in total. The van der Waals surface area contributed by atoms with Crippen LogP contribution in [0.5, 0.6) is 0 Å². The molecule has 4 rings (SSSR count). The smallest absolute Gasteiger partial charge is 0.168 e. The van der Waals surface area contributed by atoms with E-state index in [2.05, 4.69) is 5.16 Å². The largest absolute Gasteiger partial charge is 0.511 e. The molecule has 1 N–H and O–H groups in total. The fourth-order valence-electron chi connectivity index (χ4n) is 4.45. The molecule has 0 bridgehead atoms. The Morgan fingerprint density at radius 3 is 2.71 bits per heavy atom. The number of para-hydroxylation sites is 1. The van der Waals surface area contributed by atoms with Crippen molar-refractivity contribution in [3.8, 4) is 0 Å². The van der Waals surface area contributed by atoms with E-state index in [0.29, 0.717) is 60.4 Å². The van der Waals surface area contributed by atoms with Crippen LogP contribution >= 0.6 is 0 Å². The van der Waals surface area contributed by atoms with Crippen molar-refractivity contribution in [2.45, 2.75) is 65.7 Å². The summed E-state index contributed by atoms with van der Waals surface area (Å²) in [5, 5.41) is 15.0. The molecular weight excluding hydrogens is 392 g/mol. The highest BCUT2D eigenvalue weighted by Gasteiger charge is 2.36. The topological polar surface area (TPSA) is 92.8 Å². The van der Waals surface area contributed by atoms with Gasteiger partial charge in [-0.3, -0.25) is 14.6 Å². The Balaban J connectivity index is 1.60. The SMILES string of the molecule is Cc1ccccc1N=C1CCCC(=O)/C1=C(\O)CCc1noc2c1C(=O)CC(C)(C)C2. The average Bonchev–Trinajstić information content (AvgIpc) is 3.10. The summed E-state index contributed by atoms with van der Waals surface area (Å²) in [6.45, 7) is 6.05. The predicted octanol–water partition coefficient (Wildman–Crippen LogP) is 5.41. The number of hydrogen-bond donors (Lipinski definition) is 1. The molecule has 2 aliphatic carbocycles. The van der Waals surface area contributed by atoms with Crippen molar-refractivity contribution in [3.05, 3.63) is 58.2 Å². The number of hydrogen-bond acceptors (Lipinski definition) is 6. The van der Waals surface area contributed by atoms with Crippen LogP contribution in [0.15, 0.2) is 45.1 Å². The Morgan fingerprint density at radius 1 is 1.16 bits per heavy atom. The number of nitrogens with zero attached hydrogens (tertiary/aromatic N) is 2. The molecule has 0 spiro atoms. The highest BCUT2D eigenvalue weighted by atomic mass is 16.5. The number of aliphatic hydroxyl groups is 1. The summed E-state index contributed by atoms with van der Waals surface area (Å²) in [6.07, 6.45) is 3.44. The van der Waals surface area contributed by atoms with Crippen molar-refractivity contribution in [1.29, 1.82) is 0 Å². The van der Waals surface area contributed by atoms with Gasteiger partial charge in [-0.15, -0.1) is 0 Å². The highest BCUT2D eigenvalue weighted by molar-refractivity contribution is 6.24. The summed E-state index contributed by atoms with van der Waals surface area (Å²) in [5.74, 6) is 0.581. The van der Waals surface area contributed by atoms with Gasteiger partial charge in [-0.2, -0.15) is 0 Å². The molecule has 0 saturated heterocycles. The second-order valence-electron chi connectivity index (χ2n) is 9.31. The van der Waals surface area contributed by atoms with E-state index in [4.69, 9.17) is 9.52 Å². The van der Waals surface area contributed by atoms with Gasteiger partial charge in [-0.1, -0.05) is 37.2 Å². The van der Waals surface area contributed by atoms with Crippen molar-refractivity contribution >= 4 is 23.0 Å². The van der Waals surface area contributed by atoms with Crippen molar-refractivity contribution in [2.24, 2.45) is 10.4 Å². The number of Topliss-reactive ketones (excluding diaryl/α,β-unsaturated/α-hetero) is 2. The summed E-state index contributed by atoms with van der Waals surface area (Å²) in [7, 11) is 0. The lowest BCUT2D eigenvalue weighted by molar-refractivity contribution is -0.115. The molecule has 2 aliphatic rings. The number of aliphatic hydroxyl groups excluding tert-OH is 1. The van der Waals surface area contributed by atoms with Crippen molar-refractivity contribution in [2.75, 3.05) is 0 Å². The molecule has 1 aromatic heterocycles. The molecule has 2 aromatic rings. The molecule has 1 saturated carbocycles. The van der Waals surface area contributed by atoms with Crippen molar-refractivity contribution in [3.63, 3.8) is 0 Å². The number of allylic oxidation sites excluding steroid dienone is 2. The Hall–Kier alpha value is -3.02. The van der Waals surface area contributed by atoms with E-state index in [0.717, 1.165) is 17.7 Å². The van der Waals surface area contributed by atoms with E-state index >= 15 is 0 Å². The average molecular weight is 421 g/mol. The zero-order valence-corrected chi connectivity index (χ0v) is 18.3. The van der Waals surface area contributed by atoms with Crippen LogP contribution in [-0.2, 0) is 17.6 Å². The minimum absolute atomic E-state index is 0.0115. The van der Waals surface area contributed by atoms with Gasteiger partial charge in [0.2, 0.25) is 0 Å². The van der Waals surface area contributed by atoms with Gasteiger partial charge in [0, 0.05) is 32.1 Å². The number of carbonyl (C=O) groups is 2. The van der Waals surface area contributed by atoms with Crippen LogP contribution in [0.2, 0.25) is 0 Å². The van der Waals surface area contributed by atoms with Crippen LogP contribution in [0.25, 0.3) is 0 Å². The Bertz CT molecular complexity index is 1100. The van der Waals surface area contributed by atoms with Gasteiger partial charge in [0.05, 0.1) is 28.2 Å². The summed E-state index contributed by atoms with van der Waals surface area (Å²) in [4.78, 5) is 30.0. The summed E-state index contributed by atoms with van der Waals surface area (Å²) in [5.41, 5.74) is 3.74. The molecular formula is C25H28N2O4. The number of aromatic nitrogens is 1. The molecule has 1 aromatic carbocycles. The quantitative estimate of drug-likeness (QED) is 0.527. The second-order valence-corrected chi connectivity index (χ2v) is 9.31. The maximum absolute atomic E-state index is 12.7. The zero-order chi connectivity index (χ0) is 22.2. The van der Waals surface area contributed by atoms with E-state index < -0.39 is 0 Å². The Kier molecular flexibility index (Phi) is 5.65. The van der Waals surface area contributed by atoms with Gasteiger partial charge in [0.15, 0.2) is 11.6 Å². The van der Waals surface area contributed by atoms with Crippen molar-refractivity contribution < 1.29 is 19.2 Å². The Labute approximate surface area is 182 Å². The van der Waals surface area contributed by atoms with E-state index in [-0.39, 0.29) is 29.2 Å². The van der Waals surface area contributed by atoms with Crippen LogP contribution in [0.1, 0.15) is 73.3 Å². The van der Waals surface area contributed by atoms with E-state index in [1.807, 2.05) is 45.0 Å². The molecule has 6 heteroatoms. The molecule has 0 atom stereocenters. The standard InChI is InChI=1S/C25H28N2O4/c1-15-7-4-5-8-16(15)26-17-9-6-10-19(28)23(17)20(29)12-11-18-24-21(30)13-25(2,3)14-22(24)31-27-18/h4-5,7-8,29H,6,9-14H2,1-3H3/b23-20-,26-17?. The third-order valence-electron chi connectivity index (χ3n) is 6.03. The first-order valence-corrected chi connectivity index (χ1v) is 10.8. The van der Waals surface area contributed by atoms with Gasteiger partial charge in [0.1, 0.15) is 11.5 Å². The number of ketones is 2. The van der Waals surface area contributed by atoms with E-state index in [1.165, 1.54) is 0 Å². The van der Waals surface area contributed by atoms with Gasteiger partial charge in [-0.05, 0) is 36.8 Å². The van der Waals surface area contributed by atoms with Crippen molar-refractivity contribution in [1.82, 2.24) is 5.16 Å². The lowest BCUT2D eigenvalue weighted by atomic mass is 9.76. The Morgan fingerprint density at radius 2 is 1.94 bits per heavy atom. The number of fused-ring (bicyclic) bond motifs is 1. The monoisotopic (exact) mass is 420 g/mol. The zero-order valence-electron chi connectivity index (χ0n) is 18.3. The molecule has 1 fully saturated rings. The molecule has 0 aliphatic heterocycles. The predicted molar refractivity (Wildman–Crippen MR) is 118 cm³/mol. The molecule has 162 valence electrons. The lowest BCUT2D eigenvalue weighted by Gasteiger charge is -2.26. The molecule has 1 heterocycles. The van der Waals surface area contributed by atoms with Crippen LogP contribution < -0.4 is 0 Å². The van der Waals surface area contributed by atoms with Gasteiger partial charge < -0.3 is 9.63 Å². The summed E-state index contributed by atoms with van der Waals surface area (Å²) < 4.78 is 5.45. The molecule has 0 unspecified atom stereocenters.